The third-order valence-electron chi connectivity index (χ3n) is 6.89. The van der Waals surface area contributed by atoms with Crippen molar-refractivity contribution in [2.75, 3.05) is 38.3 Å². The van der Waals surface area contributed by atoms with Crippen molar-refractivity contribution in [1.29, 1.82) is 0 Å². The highest BCUT2D eigenvalue weighted by Crippen LogP contribution is 2.09. The number of ether oxygens (including phenoxy) is 1. The number of nitrogens with one attached hydrogen (secondary N) is 5. The number of amides is 5. The van der Waals surface area contributed by atoms with E-state index in [-0.39, 0.29) is 49.7 Å². The third-order valence-corrected chi connectivity index (χ3v) is 7.54. The van der Waals surface area contributed by atoms with Crippen LogP contribution in [0, 0.1) is 5.92 Å². The molecule has 0 saturated heterocycles. The van der Waals surface area contributed by atoms with Crippen molar-refractivity contribution in [2.24, 2.45) is 5.92 Å². The average molecular weight is 660 g/mol. The van der Waals surface area contributed by atoms with Gasteiger partial charge in [-0.15, -0.1) is 0 Å². The molecule has 0 aromatic heterocycles. The van der Waals surface area contributed by atoms with Crippen LogP contribution in [0.2, 0.25) is 0 Å². The normalized spacial score (nSPS) is 12.9. The molecule has 0 heterocycles. The first-order valence-electron chi connectivity index (χ1n) is 16.2. The van der Waals surface area contributed by atoms with Crippen LogP contribution in [0.15, 0.2) is 0 Å². The molecule has 0 aliphatic heterocycles. The van der Waals surface area contributed by atoms with Gasteiger partial charge in [-0.3, -0.25) is 24.0 Å². The molecule has 0 saturated carbocycles. The molecular formula is C31H57N5O8S. The molecule has 0 spiro atoms. The second-order valence-electron chi connectivity index (χ2n) is 11.3. The van der Waals surface area contributed by atoms with Crippen molar-refractivity contribution in [3.63, 3.8) is 0 Å². The third kappa shape index (κ3) is 21.5. The molecule has 0 radical (unpaired) electrons. The Kier molecular flexibility index (Phi) is 24.7. The first-order chi connectivity index (χ1) is 21.5. The van der Waals surface area contributed by atoms with Crippen LogP contribution in [0.25, 0.3) is 0 Å². The highest BCUT2D eigenvalue weighted by atomic mass is 32.2. The topological polar surface area (TPSA) is 192 Å². The Bertz CT molecular complexity index is 905. The van der Waals surface area contributed by atoms with Crippen molar-refractivity contribution < 1.29 is 38.6 Å². The van der Waals surface area contributed by atoms with Crippen molar-refractivity contribution >= 4 is 47.3 Å². The van der Waals surface area contributed by atoms with E-state index in [1.54, 1.807) is 13.8 Å². The van der Waals surface area contributed by atoms with Crippen LogP contribution in [0.1, 0.15) is 98.3 Å². The van der Waals surface area contributed by atoms with E-state index in [1.807, 2.05) is 13.2 Å². The number of rotatable bonds is 27. The summed E-state index contributed by atoms with van der Waals surface area (Å²) in [5.74, 6) is -2.57. The second-order valence-corrected chi connectivity index (χ2v) is 12.3. The zero-order valence-electron chi connectivity index (χ0n) is 27.8. The minimum absolute atomic E-state index is 0.0167. The Hall–Kier alpha value is -2.87. The summed E-state index contributed by atoms with van der Waals surface area (Å²) in [4.78, 5) is 74.1. The summed E-state index contributed by atoms with van der Waals surface area (Å²) < 4.78 is 5.41. The van der Waals surface area contributed by atoms with Crippen LogP contribution in [-0.4, -0.2) is 97.0 Å². The molecule has 5 amide bonds. The number of hydrogen-bond acceptors (Lipinski definition) is 8. The number of carboxylic acid groups (broad SMARTS) is 1. The maximum Gasteiger partial charge on any atom is 0.326 e. The molecule has 13 nitrogen and oxygen atoms in total. The predicted octanol–water partition coefficient (Wildman–Crippen LogP) is 2.12. The molecule has 6 N–H and O–H groups in total. The van der Waals surface area contributed by atoms with Gasteiger partial charge >= 0.3 is 5.97 Å². The summed E-state index contributed by atoms with van der Waals surface area (Å²) in [7, 11) is 0. The van der Waals surface area contributed by atoms with Crippen molar-refractivity contribution in [3.8, 4) is 0 Å². The van der Waals surface area contributed by atoms with Gasteiger partial charge in [0.15, 0.2) is 0 Å². The molecular weight excluding hydrogens is 602 g/mol. The maximum absolute atomic E-state index is 13.2. The van der Waals surface area contributed by atoms with Gasteiger partial charge in [0.25, 0.3) is 0 Å². The van der Waals surface area contributed by atoms with Crippen LogP contribution in [-0.2, 0) is 33.5 Å². The molecule has 0 fully saturated rings. The SMILES string of the molecule is CCCCCC(=O)NCCCC[C@H](NC(=O)[C@@H](NC(=O)[C@H](CCSC)NC(=O)CCOCCNC(=O)CCC)C(C)C)C(=O)O. The fourth-order valence-electron chi connectivity index (χ4n) is 4.25. The quantitative estimate of drug-likeness (QED) is 0.0717. The smallest absolute Gasteiger partial charge is 0.326 e. The van der Waals surface area contributed by atoms with Gasteiger partial charge in [-0.2, -0.15) is 11.8 Å². The van der Waals surface area contributed by atoms with Crippen LogP contribution >= 0.6 is 11.8 Å². The zero-order chi connectivity index (χ0) is 34.0. The molecule has 0 unspecified atom stereocenters. The van der Waals surface area contributed by atoms with Gasteiger partial charge in [0.2, 0.25) is 29.5 Å². The summed E-state index contributed by atoms with van der Waals surface area (Å²) in [6, 6.07) is -3.05. The first-order valence-corrected chi connectivity index (χ1v) is 17.6. The minimum atomic E-state index is -1.18. The predicted molar refractivity (Wildman–Crippen MR) is 176 cm³/mol. The number of hydrogen-bond donors (Lipinski definition) is 6. The van der Waals surface area contributed by atoms with Crippen molar-refractivity contribution in [2.45, 2.75) is 116 Å². The second kappa shape index (κ2) is 26.4. The van der Waals surface area contributed by atoms with E-state index in [1.165, 1.54) is 11.8 Å². The van der Waals surface area contributed by atoms with Crippen LogP contribution in [0.3, 0.4) is 0 Å². The molecule has 0 rings (SSSR count). The number of carboxylic acids is 1. The molecule has 14 heteroatoms. The highest BCUT2D eigenvalue weighted by Gasteiger charge is 2.31. The van der Waals surface area contributed by atoms with Gasteiger partial charge in [-0.25, -0.2) is 4.79 Å². The Labute approximate surface area is 272 Å². The number of carbonyl (C=O) groups is 6. The monoisotopic (exact) mass is 659 g/mol. The van der Waals surface area contributed by atoms with Gasteiger partial charge in [-0.05, 0) is 56.5 Å². The lowest BCUT2D eigenvalue weighted by atomic mass is 10.0. The average Bonchev–Trinajstić information content (AvgIpc) is 2.98. The van der Waals surface area contributed by atoms with E-state index in [4.69, 9.17) is 4.74 Å². The summed E-state index contributed by atoms with van der Waals surface area (Å²) >= 11 is 1.51. The van der Waals surface area contributed by atoms with E-state index in [9.17, 15) is 33.9 Å². The van der Waals surface area contributed by atoms with Crippen LogP contribution < -0.4 is 26.6 Å². The van der Waals surface area contributed by atoms with E-state index < -0.39 is 35.9 Å². The lowest BCUT2D eigenvalue weighted by Crippen LogP contribution is -2.57. The standard InChI is InChI=1S/C31H57N5O8S/c1-6-8-9-14-26(38)32-17-11-10-13-24(31(42)43)35-30(41)28(22(3)4)36-29(40)23(16-21-45-5)34-27(39)15-19-44-20-18-33-25(37)12-7-2/h22-24,28H,6-21H2,1-5H3,(H,32,38)(H,33,37)(H,34,39)(H,35,41)(H,36,40)(H,42,43)/t23-,24-,28-/m0/s1. The summed E-state index contributed by atoms with van der Waals surface area (Å²) in [6.45, 7) is 8.61. The number of thioether (sulfide) groups is 1. The molecule has 3 atom stereocenters. The van der Waals surface area contributed by atoms with Crippen LogP contribution in [0.5, 0.6) is 0 Å². The highest BCUT2D eigenvalue weighted by molar-refractivity contribution is 7.98. The Morgan fingerprint density at radius 1 is 0.689 bits per heavy atom. The van der Waals surface area contributed by atoms with E-state index in [0.29, 0.717) is 50.9 Å². The number of aliphatic carboxylic acids is 1. The first kappa shape index (κ1) is 42.1. The lowest BCUT2D eigenvalue weighted by molar-refractivity contribution is -0.143. The van der Waals surface area contributed by atoms with Gasteiger partial charge in [0, 0.05) is 32.4 Å². The van der Waals surface area contributed by atoms with Gasteiger partial charge < -0.3 is 36.4 Å². The maximum atomic E-state index is 13.2. The Morgan fingerprint density at radius 2 is 1.38 bits per heavy atom. The Morgan fingerprint density at radius 3 is 2.00 bits per heavy atom. The van der Waals surface area contributed by atoms with E-state index in [0.717, 1.165) is 25.7 Å². The van der Waals surface area contributed by atoms with E-state index >= 15 is 0 Å². The van der Waals surface area contributed by atoms with Gasteiger partial charge in [0.1, 0.15) is 18.1 Å². The molecule has 0 aliphatic rings. The fourth-order valence-corrected chi connectivity index (χ4v) is 4.72. The summed E-state index contributed by atoms with van der Waals surface area (Å²) in [5, 5.41) is 23.2. The molecule has 0 aliphatic carbocycles. The fraction of sp³-hybridized carbons (Fsp3) is 0.806. The lowest BCUT2D eigenvalue weighted by Gasteiger charge is -2.26. The molecule has 0 bridgehead atoms. The molecule has 0 aromatic carbocycles. The molecule has 0 aromatic rings. The minimum Gasteiger partial charge on any atom is -0.480 e. The van der Waals surface area contributed by atoms with Crippen LogP contribution in [0.4, 0.5) is 0 Å². The molecule has 45 heavy (non-hydrogen) atoms. The van der Waals surface area contributed by atoms with Crippen molar-refractivity contribution in [1.82, 2.24) is 26.6 Å². The van der Waals surface area contributed by atoms with Crippen molar-refractivity contribution in [3.05, 3.63) is 0 Å². The summed E-state index contributed by atoms with van der Waals surface area (Å²) in [5.41, 5.74) is 0. The van der Waals surface area contributed by atoms with Gasteiger partial charge in [0.05, 0.1) is 13.2 Å². The largest absolute Gasteiger partial charge is 0.480 e. The zero-order valence-corrected chi connectivity index (χ0v) is 28.7. The molecule has 260 valence electrons. The Balaban J connectivity index is 4.90. The van der Waals surface area contributed by atoms with Gasteiger partial charge in [-0.1, -0.05) is 40.5 Å². The number of unbranched alkanes of at least 4 members (excludes halogenated alkanes) is 3. The number of carbonyl (C=O) groups excluding carboxylic acids is 5. The summed E-state index contributed by atoms with van der Waals surface area (Å²) in [6.07, 6.45) is 7.99. The van der Waals surface area contributed by atoms with E-state index in [2.05, 4.69) is 33.5 Å².